The molecule has 0 bridgehead atoms. The van der Waals surface area contributed by atoms with Crippen molar-refractivity contribution < 1.29 is 22.7 Å². The molecule has 11 nitrogen and oxygen atoms in total. The first-order valence-electron chi connectivity index (χ1n) is 12.2. The molecule has 15 heteroatoms. The Bertz CT molecular complexity index is 1320. The molecule has 0 saturated carbocycles. The number of rotatable bonds is 8. The smallest absolute Gasteiger partial charge is 0.422 e. The number of nitrogens with zero attached hydrogens (tertiary/aromatic N) is 5. The third-order valence-electron chi connectivity index (χ3n) is 5.86. The van der Waals surface area contributed by atoms with Gasteiger partial charge in [-0.2, -0.15) is 28.1 Å². The minimum atomic E-state index is -4.57. The van der Waals surface area contributed by atoms with Gasteiger partial charge in [0.1, 0.15) is 0 Å². The van der Waals surface area contributed by atoms with Crippen molar-refractivity contribution in [1.29, 1.82) is 5.41 Å². The second-order valence-corrected chi connectivity index (χ2v) is 9.31. The number of carbonyl (C=O) groups excluding carboxylic acids is 1. The van der Waals surface area contributed by atoms with Crippen molar-refractivity contribution in [2.24, 2.45) is 5.73 Å². The number of hydrogen-bond donors (Lipinski definition) is 4. The molecule has 1 aliphatic heterocycles. The van der Waals surface area contributed by atoms with Crippen LogP contribution in [0.3, 0.4) is 0 Å². The van der Waals surface area contributed by atoms with Gasteiger partial charge in [-0.15, -0.1) is 0 Å². The average molecular weight is 578 g/mol. The van der Waals surface area contributed by atoms with Crippen LogP contribution >= 0.6 is 11.6 Å². The van der Waals surface area contributed by atoms with E-state index in [4.69, 9.17) is 27.5 Å². The first-order valence-corrected chi connectivity index (χ1v) is 12.6. The first-order chi connectivity index (χ1) is 19.1. The Morgan fingerprint density at radius 1 is 0.975 bits per heavy atom. The molecule has 1 amide bonds. The van der Waals surface area contributed by atoms with Crippen LogP contribution in [0.4, 0.5) is 30.8 Å². The van der Waals surface area contributed by atoms with Crippen LogP contribution in [0.1, 0.15) is 22.3 Å². The Hall–Kier alpha value is -4.33. The molecular weight excluding hydrogens is 551 g/mol. The van der Waals surface area contributed by atoms with E-state index in [1.165, 1.54) is 0 Å². The number of carbonyl (C=O) groups is 1. The van der Waals surface area contributed by atoms with Crippen molar-refractivity contribution in [2.75, 3.05) is 43.4 Å². The van der Waals surface area contributed by atoms with Crippen LogP contribution in [0.5, 0.6) is 6.01 Å². The zero-order valence-electron chi connectivity index (χ0n) is 21.2. The first kappa shape index (κ1) is 28.7. The van der Waals surface area contributed by atoms with E-state index in [2.05, 4.69) is 25.6 Å². The monoisotopic (exact) mass is 577 g/mol. The standard InChI is InChI=1S/C25H27ClF3N9O2/c26-18-6-2-16(3-7-18)14-32-22-34-23(36-24(35-22)40-15-25(27,28)29)33-19-8-4-17(5-9-19)20(39)37-10-1-11-38(13-12-37)21(30)31/h2-9H,1,10-15H2,(H3,30,31)(H2,32,33,34,35,36). The molecule has 2 aromatic carbocycles. The van der Waals surface area contributed by atoms with Crippen molar-refractivity contribution >= 4 is 41.1 Å². The number of amides is 1. The van der Waals surface area contributed by atoms with Crippen molar-refractivity contribution in [1.82, 2.24) is 24.8 Å². The van der Waals surface area contributed by atoms with Crippen molar-refractivity contribution in [3.63, 3.8) is 0 Å². The van der Waals surface area contributed by atoms with Crippen LogP contribution in [-0.4, -0.2) is 75.6 Å². The Morgan fingerprint density at radius 3 is 2.30 bits per heavy atom. The Kier molecular flexibility index (Phi) is 9.09. The maximum absolute atomic E-state index is 13.0. The van der Waals surface area contributed by atoms with Crippen LogP contribution in [-0.2, 0) is 6.54 Å². The molecular formula is C25H27ClF3N9O2. The largest absolute Gasteiger partial charge is 0.454 e. The fraction of sp³-hybridized carbons (Fsp3) is 0.320. The second-order valence-electron chi connectivity index (χ2n) is 8.87. The highest BCUT2D eigenvalue weighted by atomic mass is 35.5. The second kappa shape index (κ2) is 12.7. The van der Waals surface area contributed by atoms with Gasteiger partial charge < -0.3 is 30.9 Å². The maximum atomic E-state index is 13.0. The lowest BCUT2D eigenvalue weighted by atomic mass is 10.1. The molecule has 0 spiro atoms. The number of guanidine groups is 1. The van der Waals surface area contributed by atoms with Gasteiger partial charge in [-0.25, -0.2) is 0 Å². The number of halogens is 4. The summed E-state index contributed by atoms with van der Waals surface area (Å²) in [5.41, 5.74) is 7.36. The van der Waals surface area contributed by atoms with E-state index in [0.29, 0.717) is 48.9 Å². The normalized spacial score (nSPS) is 13.9. The van der Waals surface area contributed by atoms with Crippen LogP contribution in [0.15, 0.2) is 48.5 Å². The van der Waals surface area contributed by atoms with Crippen molar-refractivity contribution in [3.8, 4) is 6.01 Å². The molecule has 0 radical (unpaired) electrons. The maximum Gasteiger partial charge on any atom is 0.422 e. The van der Waals surface area contributed by atoms with Crippen molar-refractivity contribution in [3.05, 3.63) is 64.7 Å². The summed E-state index contributed by atoms with van der Waals surface area (Å²) in [6.45, 7) is 0.781. The zero-order chi connectivity index (χ0) is 28.7. The Balaban J connectivity index is 1.45. The molecule has 0 atom stereocenters. The molecule has 1 aromatic heterocycles. The van der Waals surface area contributed by atoms with E-state index in [0.717, 1.165) is 5.56 Å². The predicted molar refractivity (Wildman–Crippen MR) is 144 cm³/mol. The highest BCUT2D eigenvalue weighted by Gasteiger charge is 2.29. The van der Waals surface area contributed by atoms with E-state index >= 15 is 0 Å². The molecule has 2 heterocycles. The fourth-order valence-electron chi connectivity index (χ4n) is 3.86. The van der Waals surface area contributed by atoms with Gasteiger partial charge in [0.05, 0.1) is 0 Å². The summed E-state index contributed by atoms with van der Waals surface area (Å²) < 4.78 is 42.9. The molecule has 5 N–H and O–H groups in total. The summed E-state index contributed by atoms with van der Waals surface area (Å²) in [6.07, 6.45) is -3.88. The predicted octanol–water partition coefficient (Wildman–Crippen LogP) is 3.86. The van der Waals surface area contributed by atoms with E-state index in [1.807, 2.05) is 0 Å². The lowest BCUT2D eigenvalue weighted by Gasteiger charge is -2.22. The number of anilines is 3. The van der Waals surface area contributed by atoms with Crippen molar-refractivity contribution in [2.45, 2.75) is 19.1 Å². The SMILES string of the molecule is N=C(N)N1CCCN(C(=O)c2ccc(Nc3nc(NCc4ccc(Cl)cc4)nc(OCC(F)(F)F)n3)cc2)CC1. The summed E-state index contributed by atoms with van der Waals surface area (Å²) in [5.74, 6) is -0.231. The van der Waals surface area contributed by atoms with Gasteiger partial charge in [-0.1, -0.05) is 23.7 Å². The number of hydrogen-bond acceptors (Lipinski definition) is 8. The lowest BCUT2D eigenvalue weighted by molar-refractivity contribution is -0.154. The summed E-state index contributed by atoms with van der Waals surface area (Å²) in [7, 11) is 0. The van der Waals surface area contributed by atoms with Crippen LogP contribution in [0.2, 0.25) is 5.02 Å². The molecule has 3 aromatic rings. The summed E-state index contributed by atoms with van der Waals surface area (Å²) in [6, 6.07) is 13.0. The summed E-state index contributed by atoms with van der Waals surface area (Å²) >= 11 is 5.90. The molecule has 40 heavy (non-hydrogen) atoms. The molecule has 212 valence electrons. The van der Waals surface area contributed by atoms with Gasteiger partial charge in [0, 0.05) is 49.0 Å². The van der Waals surface area contributed by atoms with Crippen LogP contribution in [0, 0.1) is 5.41 Å². The van der Waals surface area contributed by atoms with E-state index in [9.17, 15) is 18.0 Å². The molecule has 0 aliphatic carbocycles. The summed E-state index contributed by atoms with van der Waals surface area (Å²) in [4.78, 5) is 28.5. The van der Waals surface area contributed by atoms with Gasteiger partial charge >= 0.3 is 12.2 Å². The minimum absolute atomic E-state index is 0.00260. The number of aromatic nitrogens is 3. The van der Waals surface area contributed by atoms with Gasteiger partial charge in [0.15, 0.2) is 12.6 Å². The quantitative estimate of drug-likeness (QED) is 0.231. The fourth-order valence-corrected chi connectivity index (χ4v) is 3.98. The highest BCUT2D eigenvalue weighted by molar-refractivity contribution is 6.30. The third kappa shape index (κ3) is 8.33. The number of nitrogens with two attached hydrogens (primary N) is 1. The van der Waals surface area contributed by atoms with E-state index < -0.39 is 18.8 Å². The number of alkyl halides is 3. The highest BCUT2D eigenvalue weighted by Crippen LogP contribution is 2.21. The molecule has 4 rings (SSSR count). The molecule has 1 saturated heterocycles. The topological polar surface area (TPSA) is 145 Å². The lowest BCUT2D eigenvalue weighted by Crippen LogP contribution is -2.40. The van der Waals surface area contributed by atoms with E-state index in [1.54, 1.807) is 58.3 Å². The van der Waals surface area contributed by atoms with Crippen LogP contribution < -0.4 is 21.1 Å². The summed E-state index contributed by atoms with van der Waals surface area (Å²) in [5, 5.41) is 14.0. The van der Waals surface area contributed by atoms with Gasteiger partial charge in [-0.3, -0.25) is 10.2 Å². The average Bonchev–Trinajstić information content (AvgIpc) is 3.18. The minimum Gasteiger partial charge on any atom is -0.454 e. The Labute approximate surface area is 233 Å². The number of benzene rings is 2. The molecule has 1 fully saturated rings. The Morgan fingerprint density at radius 2 is 1.62 bits per heavy atom. The van der Waals surface area contributed by atoms with Gasteiger partial charge in [-0.05, 0) is 48.4 Å². The zero-order valence-corrected chi connectivity index (χ0v) is 22.0. The molecule has 1 aliphatic rings. The number of ether oxygens (including phenoxy) is 1. The van der Waals surface area contributed by atoms with Gasteiger partial charge in [0.2, 0.25) is 11.9 Å². The van der Waals surface area contributed by atoms with Gasteiger partial charge in [0.25, 0.3) is 5.91 Å². The third-order valence-corrected chi connectivity index (χ3v) is 6.11. The number of nitrogens with one attached hydrogen (secondary N) is 3. The molecule has 0 unspecified atom stereocenters. The van der Waals surface area contributed by atoms with E-state index in [-0.39, 0.29) is 30.3 Å². The van der Waals surface area contributed by atoms with Crippen LogP contribution in [0.25, 0.3) is 0 Å².